The van der Waals surface area contributed by atoms with E-state index in [0.717, 1.165) is 24.8 Å². The molecule has 1 aromatic carbocycles. The summed E-state index contributed by atoms with van der Waals surface area (Å²) in [5.41, 5.74) is 1.03. The first kappa shape index (κ1) is 16.2. The van der Waals surface area contributed by atoms with E-state index in [4.69, 9.17) is 0 Å². The zero-order valence-electron chi connectivity index (χ0n) is 12.4. The van der Waals surface area contributed by atoms with Gasteiger partial charge in [0.15, 0.2) is 0 Å². The lowest BCUT2D eigenvalue weighted by Crippen LogP contribution is -2.35. The van der Waals surface area contributed by atoms with E-state index in [2.05, 4.69) is 6.58 Å². The highest BCUT2D eigenvalue weighted by molar-refractivity contribution is 7.89. The zero-order chi connectivity index (χ0) is 15.5. The molecule has 1 aliphatic rings. The van der Waals surface area contributed by atoms with Crippen LogP contribution in [0.25, 0.3) is 0 Å². The Morgan fingerprint density at radius 1 is 1.38 bits per heavy atom. The van der Waals surface area contributed by atoms with Crippen LogP contribution in [0.3, 0.4) is 0 Å². The Labute approximate surface area is 127 Å². The summed E-state index contributed by atoms with van der Waals surface area (Å²) in [4.78, 5) is 0.329. The third-order valence-corrected chi connectivity index (χ3v) is 5.97. The van der Waals surface area contributed by atoms with Gasteiger partial charge < -0.3 is 5.11 Å². The first-order chi connectivity index (χ1) is 9.98. The van der Waals surface area contributed by atoms with Crippen LogP contribution in [0, 0.1) is 12.8 Å². The fourth-order valence-electron chi connectivity index (χ4n) is 2.82. The van der Waals surface area contributed by atoms with Gasteiger partial charge in [0.05, 0.1) is 4.90 Å². The second-order valence-corrected chi connectivity index (χ2v) is 7.58. The minimum atomic E-state index is -3.49. The lowest BCUT2D eigenvalue weighted by molar-refractivity contribution is 0.233. The summed E-state index contributed by atoms with van der Waals surface area (Å²) >= 11 is 0. The van der Waals surface area contributed by atoms with Gasteiger partial charge in [0.2, 0.25) is 10.0 Å². The predicted octanol–water partition coefficient (Wildman–Crippen LogP) is 2.33. The van der Waals surface area contributed by atoms with E-state index in [0.29, 0.717) is 11.4 Å². The molecule has 1 N–H and O–H groups in total. The number of nitrogens with zero attached hydrogens (tertiary/aromatic N) is 1. The van der Waals surface area contributed by atoms with E-state index in [-0.39, 0.29) is 18.6 Å². The summed E-state index contributed by atoms with van der Waals surface area (Å²) in [5.74, 6) is 0.0278. The number of rotatable bonds is 6. The monoisotopic (exact) mass is 309 g/mol. The molecule has 0 radical (unpaired) electrons. The van der Waals surface area contributed by atoms with Crippen molar-refractivity contribution < 1.29 is 13.5 Å². The molecular formula is C16H23NO3S. The molecule has 5 heteroatoms. The Balaban J connectivity index is 2.27. The van der Waals surface area contributed by atoms with Crippen LogP contribution in [-0.4, -0.2) is 37.0 Å². The van der Waals surface area contributed by atoms with Gasteiger partial charge in [0, 0.05) is 19.2 Å². The van der Waals surface area contributed by atoms with Crippen molar-refractivity contribution in [3.05, 3.63) is 42.5 Å². The maximum Gasteiger partial charge on any atom is 0.243 e. The van der Waals surface area contributed by atoms with E-state index in [9.17, 15) is 13.5 Å². The van der Waals surface area contributed by atoms with Gasteiger partial charge in [0.1, 0.15) is 0 Å². The standard InChI is InChI=1S/C16H23NO3S/c1-3-4-5-15-10-14(12-18)11-17(15)21(19,20)16-8-6-13(2)7-9-16/h3,6-9,14-15,18H,1,4-5,10-12H2,2H3/t14-,15-/m0/s1. The molecule has 0 bridgehead atoms. The fourth-order valence-corrected chi connectivity index (χ4v) is 4.57. The highest BCUT2D eigenvalue weighted by Crippen LogP contribution is 2.31. The highest BCUT2D eigenvalue weighted by Gasteiger charge is 2.39. The average molecular weight is 309 g/mol. The van der Waals surface area contributed by atoms with Gasteiger partial charge in [-0.15, -0.1) is 6.58 Å². The van der Waals surface area contributed by atoms with E-state index in [1.807, 2.05) is 25.1 Å². The Morgan fingerprint density at radius 2 is 2.05 bits per heavy atom. The number of hydrogen-bond donors (Lipinski definition) is 1. The van der Waals surface area contributed by atoms with Crippen molar-refractivity contribution in [2.75, 3.05) is 13.2 Å². The van der Waals surface area contributed by atoms with E-state index in [1.54, 1.807) is 16.4 Å². The second-order valence-electron chi connectivity index (χ2n) is 5.69. The van der Waals surface area contributed by atoms with Crippen molar-refractivity contribution in [1.29, 1.82) is 0 Å². The molecule has 1 aliphatic heterocycles. The molecule has 2 rings (SSSR count). The summed E-state index contributed by atoms with van der Waals surface area (Å²) in [7, 11) is -3.49. The molecule has 2 atom stereocenters. The van der Waals surface area contributed by atoms with Gasteiger partial charge >= 0.3 is 0 Å². The number of hydrogen-bond acceptors (Lipinski definition) is 3. The van der Waals surface area contributed by atoms with Crippen LogP contribution in [0.4, 0.5) is 0 Å². The number of benzene rings is 1. The molecule has 1 heterocycles. The number of aryl methyl sites for hydroxylation is 1. The Hall–Kier alpha value is -1.17. The van der Waals surface area contributed by atoms with Crippen LogP contribution in [0.5, 0.6) is 0 Å². The molecule has 4 nitrogen and oxygen atoms in total. The predicted molar refractivity (Wildman–Crippen MR) is 83.5 cm³/mol. The van der Waals surface area contributed by atoms with Crippen LogP contribution < -0.4 is 0 Å². The largest absolute Gasteiger partial charge is 0.396 e. The third kappa shape index (κ3) is 3.54. The summed E-state index contributed by atoms with van der Waals surface area (Å²) in [6, 6.07) is 6.88. The van der Waals surface area contributed by atoms with Gasteiger partial charge in [0.25, 0.3) is 0 Å². The molecule has 0 saturated carbocycles. The Kier molecular flexibility index (Phi) is 5.19. The molecule has 0 amide bonds. The Bertz CT molecular complexity index is 580. The first-order valence-corrected chi connectivity index (χ1v) is 8.73. The lowest BCUT2D eigenvalue weighted by Gasteiger charge is -2.23. The average Bonchev–Trinajstić information content (AvgIpc) is 2.89. The summed E-state index contributed by atoms with van der Waals surface area (Å²) in [5, 5.41) is 9.36. The molecule has 0 unspecified atom stereocenters. The summed E-state index contributed by atoms with van der Waals surface area (Å²) in [6.45, 7) is 6.06. The first-order valence-electron chi connectivity index (χ1n) is 7.29. The lowest BCUT2D eigenvalue weighted by atomic mass is 10.0. The maximum absolute atomic E-state index is 12.8. The van der Waals surface area contributed by atoms with Gasteiger partial charge in [-0.3, -0.25) is 0 Å². The van der Waals surface area contributed by atoms with E-state index in [1.165, 1.54) is 0 Å². The van der Waals surface area contributed by atoms with Gasteiger partial charge in [-0.25, -0.2) is 8.42 Å². The molecule has 1 aromatic rings. The van der Waals surface area contributed by atoms with E-state index >= 15 is 0 Å². The van der Waals surface area contributed by atoms with Crippen LogP contribution >= 0.6 is 0 Å². The maximum atomic E-state index is 12.8. The quantitative estimate of drug-likeness (QED) is 0.821. The zero-order valence-corrected chi connectivity index (χ0v) is 13.2. The molecule has 0 aromatic heterocycles. The van der Waals surface area contributed by atoms with Crippen LogP contribution in [0.1, 0.15) is 24.8 Å². The second kappa shape index (κ2) is 6.73. The van der Waals surface area contributed by atoms with Crippen molar-refractivity contribution in [2.45, 2.75) is 37.1 Å². The SMILES string of the molecule is C=CCC[C@H]1C[C@H](CO)CN1S(=O)(=O)c1ccc(C)cc1. The van der Waals surface area contributed by atoms with Gasteiger partial charge in [-0.05, 0) is 44.2 Å². The van der Waals surface area contributed by atoms with E-state index < -0.39 is 10.0 Å². The van der Waals surface area contributed by atoms with Crippen LogP contribution in [-0.2, 0) is 10.0 Å². The Morgan fingerprint density at radius 3 is 2.62 bits per heavy atom. The van der Waals surface area contributed by atoms with Gasteiger partial charge in [-0.2, -0.15) is 4.31 Å². The van der Waals surface area contributed by atoms with Gasteiger partial charge in [-0.1, -0.05) is 23.8 Å². The fraction of sp³-hybridized carbons (Fsp3) is 0.500. The smallest absolute Gasteiger partial charge is 0.243 e. The molecular weight excluding hydrogens is 286 g/mol. The van der Waals surface area contributed by atoms with Crippen LogP contribution in [0.2, 0.25) is 0 Å². The van der Waals surface area contributed by atoms with Crippen molar-refractivity contribution in [2.24, 2.45) is 5.92 Å². The van der Waals surface area contributed by atoms with Crippen molar-refractivity contribution >= 4 is 10.0 Å². The van der Waals surface area contributed by atoms with Crippen molar-refractivity contribution in [3.8, 4) is 0 Å². The highest BCUT2D eigenvalue weighted by atomic mass is 32.2. The normalized spacial score (nSPS) is 23.3. The van der Waals surface area contributed by atoms with Crippen molar-refractivity contribution in [1.82, 2.24) is 4.31 Å². The third-order valence-electron chi connectivity index (χ3n) is 4.04. The number of sulfonamides is 1. The number of aliphatic hydroxyl groups is 1. The number of aliphatic hydroxyl groups excluding tert-OH is 1. The van der Waals surface area contributed by atoms with Crippen molar-refractivity contribution in [3.63, 3.8) is 0 Å². The molecule has 116 valence electrons. The van der Waals surface area contributed by atoms with Crippen LogP contribution in [0.15, 0.2) is 41.8 Å². The molecule has 1 fully saturated rings. The topological polar surface area (TPSA) is 57.6 Å². The molecule has 1 saturated heterocycles. The summed E-state index contributed by atoms with van der Waals surface area (Å²) in [6.07, 6.45) is 4.06. The molecule has 21 heavy (non-hydrogen) atoms. The minimum absolute atomic E-state index is 0.0278. The number of allylic oxidation sites excluding steroid dienone is 1. The summed E-state index contributed by atoms with van der Waals surface area (Å²) < 4.78 is 27.2. The molecule has 0 spiro atoms. The minimum Gasteiger partial charge on any atom is -0.396 e. The molecule has 0 aliphatic carbocycles.